The first kappa shape index (κ1) is 14.5. The van der Waals surface area contributed by atoms with Crippen LogP contribution in [0.1, 0.15) is 18.9 Å². The number of benzene rings is 1. The summed E-state index contributed by atoms with van der Waals surface area (Å²) in [6.45, 7) is 4.48. The quantitative estimate of drug-likeness (QED) is 0.685. The summed E-state index contributed by atoms with van der Waals surface area (Å²) in [5.74, 6) is 0.927. The van der Waals surface area contributed by atoms with Crippen LogP contribution in [0.25, 0.3) is 0 Å². The molecule has 18 heavy (non-hydrogen) atoms. The van der Waals surface area contributed by atoms with Gasteiger partial charge in [-0.2, -0.15) is 0 Å². The van der Waals surface area contributed by atoms with Crippen molar-refractivity contribution in [1.82, 2.24) is 10.6 Å². The van der Waals surface area contributed by atoms with E-state index in [4.69, 9.17) is 4.74 Å². The summed E-state index contributed by atoms with van der Waals surface area (Å²) < 4.78 is 5.14. The molecule has 1 rings (SSSR count). The van der Waals surface area contributed by atoms with Gasteiger partial charge < -0.3 is 15.4 Å². The third-order valence-corrected chi connectivity index (χ3v) is 2.65. The number of likely N-dealkylation sites (N-methyl/N-ethyl adjacent to an activating group) is 1. The molecule has 0 heterocycles. The van der Waals surface area contributed by atoms with Gasteiger partial charge in [0.05, 0.1) is 7.11 Å². The fraction of sp³-hybridized carbons (Fsp3) is 0.500. The third kappa shape index (κ3) is 5.68. The van der Waals surface area contributed by atoms with Gasteiger partial charge in [-0.05, 0) is 30.7 Å². The van der Waals surface area contributed by atoms with Crippen molar-refractivity contribution in [3.8, 4) is 5.75 Å². The Balaban J connectivity index is 2.24. The van der Waals surface area contributed by atoms with Crippen molar-refractivity contribution in [2.45, 2.75) is 19.8 Å². The Morgan fingerprint density at radius 3 is 2.89 bits per heavy atom. The molecule has 0 unspecified atom stereocenters. The summed E-state index contributed by atoms with van der Waals surface area (Å²) >= 11 is 0. The molecule has 100 valence electrons. The number of carbonyl (C=O) groups excluding carboxylic acids is 1. The van der Waals surface area contributed by atoms with E-state index in [0.717, 1.165) is 30.8 Å². The minimum Gasteiger partial charge on any atom is -0.497 e. The molecule has 0 aliphatic heterocycles. The molecule has 0 aromatic heterocycles. The molecular weight excluding hydrogens is 228 g/mol. The number of ether oxygens (including phenoxy) is 1. The van der Waals surface area contributed by atoms with Crippen molar-refractivity contribution >= 4 is 5.91 Å². The Bertz CT molecular complexity index is 367. The molecule has 4 heteroatoms. The number of hydrogen-bond acceptors (Lipinski definition) is 3. The molecule has 0 bridgehead atoms. The lowest BCUT2D eigenvalue weighted by Gasteiger charge is -2.06. The standard InChI is InChI=1S/C14H22N2O2/c1-3-15-9-10-16-14(17)8-7-12-5-4-6-13(11-12)18-2/h4-6,11,15H,3,7-10H2,1-2H3,(H,16,17). The van der Waals surface area contributed by atoms with E-state index in [1.807, 2.05) is 31.2 Å². The summed E-state index contributed by atoms with van der Waals surface area (Å²) in [6, 6.07) is 7.82. The van der Waals surface area contributed by atoms with Gasteiger partial charge in [-0.25, -0.2) is 0 Å². The predicted octanol–water partition coefficient (Wildman–Crippen LogP) is 1.35. The van der Waals surface area contributed by atoms with Crippen LogP contribution >= 0.6 is 0 Å². The summed E-state index contributed by atoms with van der Waals surface area (Å²) in [7, 11) is 1.65. The minimum absolute atomic E-state index is 0.0933. The molecule has 0 aliphatic carbocycles. The molecule has 0 radical (unpaired) electrons. The lowest BCUT2D eigenvalue weighted by Crippen LogP contribution is -2.31. The number of rotatable bonds is 8. The van der Waals surface area contributed by atoms with Crippen LogP contribution in [0.15, 0.2) is 24.3 Å². The van der Waals surface area contributed by atoms with Crippen molar-refractivity contribution < 1.29 is 9.53 Å². The molecule has 0 saturated heterocycles. The van der Waals surface area contributed by atoms with Gasteiger partial charge in [-0.3, -0.25) is 4.79 Å². The van der Waals surface area contributed by atoms with E-state index in [-0.39, 0.29) is 5.91 Å². The number of carbonyl (C=O) groups is 1. The molecule has 0 spiro atoms. The fourth-order valence-electron chi connectivity index (χ4n) is 1.64. The Labute approximate surface area is 109 Å². The summed E-state index contributed by atoms with van der Waals surface area (Å²) in [6.07, 6.45) is 1.25. The van der Waals surface area contributed by atoms with Crippen molar-refractivity contribution in [3.05, 3.63) is 29.8 Å². The molecule has 0 atom stereocenters. The van der Waals surface area contributed by atoms with Crippen LogP contribution in [-0.4, -0.2) is 32.7 Å². The molecule has 1 amide bonds. The zero-order chi connectivity index (χ0) is 13.2. The van der Waals surface area contributed by atoms with Crippen LogP contribution in [0, 0.1) is 0 Å². The van der Waals surface area contributed by atoms with E-state index < -0.39 is 0 Å². The van der Waals surface area contributed by atoms with Crippen LogP contribution in [0.5, 0.6) is 5.75 Å². The zero-order valence-corrected chi connectivity index (χ0v) is 11.2. The summed E-state index contributed by atoms with van der Waals surface area (Å²) in [5.41, 5.74) is 1.12. The van der Waals surface area contributed by atoms with Gasteiger partial charge in [0.15, 0.2) is 0 Å². The second-order valence-electron chi connectivity index (χ2n) is 4.06. The van der Waals surface area contributed by atoms with Gasteiger partial charge in [-0.1, -0.05) is 19.1 Å². The van der Waals surface area contributed by atoms with E-state index in [2.05, 4.69) is 10.6 Å². The molecule has 1 aromatic carbocycles. The molecule has 4 nitrogen and oxygen atoms in total. The molecule has 1 aromatic rings. The van der Waals surface area contributed by atoms with E-state index in [1.54, 1.807) is 7.11 Å². The maximum absolute atomic E-state index is 11.6. The lowest BCUT2D eigenvalue weighted by molar-refractivity contribution is -0.121. The largest absolute Gasteiger partial charge is 0.497 e. The van der Waals surface area contributed by atoms with Crippen molar-refractivity contribution in [2.24, 2.45) is 0 Å². The normalized spacial score (nSPS) is 10.1. The number of hydrogen-bond donors (Lipinski definition) is 2. The smallest absolute Gasteiger partial charge is 0.220 e. The summed E-state index contributed by atoms with van der Waals surface area (Å²) in [4.78, 5) is 11.6. The first-order valence-corrected chi connectivity index (χ1v) is 6.36. The highest BCUT2D eigenvalue weighted by Crippen LogP contribution is 2.13. The van der Waals surface area contributed by atoms with Gasteiger partial charge in [-0.15, -0.1) is 0 Å². The first-order chi connectivity index (χ1) is 8.76. The first-order valence-electron chi connectivity index (χ1n) is 6.36. The van der Waals surface area contributed by atoms with Crippen molar-refractivity contribution in [2.75, 3.05) is 26.7 Å². The van der Waals surface area contributed by atoms with Gasteiger partial charge in [0.1, 0.15) is 5.75 Å². The molecule has 0 aliphatic rings. The minimum atomic E-state index is 0.0933. The number of nitrogens with one attached hydrogen (secondary N) is 2. The highest BCUT2D eigenvalue weighted by Gasteiger charge is 2.02. The highest BCUT2D eigenvalue weighted by atomic mass is 16.5. The number of aryl methyl sites for hydroxylation is 1. The van der Waals surface area contributed by atoms with E-state index in [0.29, 0.717) is 13.0 Å². The van der Waals surface area contributed by atoms with E-state index in [9.17, 15) is 4.79 Å². The monoisotopic (exact) mass is 250 g/mol. The van der Waals surface area contributed by atoms with Gasteiger partial charge >= 0.3 is 0 Å². The molecule has 0 saturated carbocycles. The average molecular weight is 250 g/mol. The van der Waals surface area contributed by atoms with Crippen molar-refractivity contribution in [3.63, 3.8) is 0 Å². The van der Waals surface area contributed by atoms with Gasteiger partial charge in [0.2, 0.25) is 5.91 Å². The average Bonchev–Trinajstić information content (AvgIpc) is 2.41. The highest BCUT2D eigenvalue weighted by molar-refractivity contribution is 5.76. The second kappa shape index (κ2) is 8.53. The van der Waals surface area contributed by atoms with Crippen LogP contribution in [-0.2, 0) is 11.2 Å². The van der Waals surface area contributed by atoms with Crippen molar-refractivity contribution in [1.29, 1.82) is 0 Å². The predicted molar refractivity (Wildman–Crippen MR) is 72.9 cm³/mol. The molecular formula is C14H22N2O2. The fourth-order valence-corrected chi connectivity index (χ4v) is 1.64. The Hall–Kier alpha value is -1.55. The maximum Gasteiger partial charge on any atom is 0.220 e. The topological polar surface area (TPSA) is 50.4 Å². The SMILES string of the molecule is CCNCCNC(=O)CCc1cccc(OC)c1. The Kier molecular flexibility index (Phi) is 6.87. The van der Waals surface area contributed by atoms with E-state index >= 15 is 0 Å². The van der Waals surface area contributed by atoms with Crippen LogP contribution in [0.3, 0.4) is 0 Å². The Morgan fingerprint density at radius 2 is 2.17 bits per heavy atom. The summed E-state index contributed by atoms with van der Waals surface area (Å²) in [5, 5.41) is 6.04. The van der Waals surface area contributed by atoms with Crippen LogP contribution in [0.2, 0.25) is 0 Å². The molecule has 2 N–H and O–H groups in total. The second-order valence-corrected chi connectivity index (χ2v) is 4.06. The van der Waals surface area contributed by atoms with Gasteiger partial charge in [0.25, 0.3) is 0 Å². The maximum atomic E-state index is 11.6. The zero-order valence-electron chi connectivity index (χ0n) is 11.2. The number of methoxy groups -OCH3 is 1. The van der Waals surface area contributed by atoms with Gasteiger partial charge in [0, 0.05) is 19.5 Å². The Morgan fingerprint density at radius 1 is 1.33 bits per heavy atom. The molecule has 0 fully saturated rings. The number of amides is 1. The van der Waals surface area contributed by atoms with E-state index in [1.165, 1.54) is 0 Å². The third-order valence-electron chi connectivity index (χ3n) is 2.65. The lowest BCUT2D eigenvalue weighted by atomic mass is 10.1. The van der Waals surface area contributed by atoms with Crippen LogP contribution < -0.4 is 15.4 Å². The van der Waals surface area contributed by atoms with Crippen LogP contribution in [0.4, 0.5) is 0 Å².